The lowest BCUT2D eigenvalue weighted by Crippen LogP contribution is -2.19. The highest BCUT2D eigenvalue weighted by Crippen LogP contribution is 2.39. The van der Waals surface area contributed by atoms with Crippen LogP contribution in [-0.2, 0) is 6.61 Å². The standard InChI is InChI=1S/C21H22F2N2O/c22-21(23)17-8-6-16(7-9-17)19-13-24-25-11-10-18(12-20(19)25)26-14-15-4-2-1-3-5-15/h1-5,10-13,16-17,21H,6-9,14H2/t16-,17-. The molecule has 1 aromatic carbocycles. The van der Waals surface area contributed by atoms with Gasteiger partial charge >= 0.3 is 0 Å². The molecular weight excluding hydrogens is 334 g/mol. The first-order valence-electron chi connectivity index (χ1n) is 9.13. The highest BCUT2D eigenvalue weighted by Gasteiger charge is 2.29. The quantitative estimate of drug-likeness (QED) is 0.607. The second-order valence-electron chi connectivity index (χ2n) is 7.01. The Morgan fingerprint density at radius 1 is 1.08 bits per heavy atom. The minimum atomic E-state index is -2.20. The van der Waals surface area contributed by atoms with Gasteiger partial charge in [-0.1, -0.05) is 30.3 Å². The molecular formula is C21H22F2N2O. The fourth-order valence-corrected chi connectivity index (χ4v) is 3.81. The fraction of sp³-hybridized carbons (Fsp3) is 0.381. The second kappa shape index (κ2) is 7.44. The van der Waals surface area contributed by atoms with Crippen molar-refractivity contribution < 1.29 is 13.5 Å². The van der Waals surface area contributed by atoms with Gasteiger partial charge in [0.1, 0.15) is 12.4 Å². The van der Waals surface area contributed by atoms with Crippen molar-refractivity contribution in [3.8, 4) is 5.75 Å². The van der Waals surface area contributed by atoms with Crippen molar-refractivity contribution in [3.63, 3.8) is 0 Å². The molecule has 5 heteroatoms. The fourth-order valence-electron chi connectivity index (χ4n) is 3.81. The van der Waals surface area contributed by atoms with E-state index in [1.165, 1.54) is 0 Å². The van der Waals surface area contributed by atoms with Crippen LogP contribution in [0, 0.1) is 5.92 Å². The van der Waals surface area contributed by atoms with Crippen molar-refractivity contribution in [2.24, 2.45) is 5.92 Å². The lowest BCUT2D eigenvalue weighted by atomic mass is 9.79. The number of rotatable bonds is 5. The lowest BCUT2D eigenvalue weighted by molar-refractivity contribution is 0.0529. The number of ether oxygens (including phenoxy) is 1. The number of alkyl halides is 2. The first-order chi connectivity index (χ1) is 12.7. The number of halogens is 2. The van der Waals surface area contributed by atoms with Crippen LogP contribution in [0.3, 0.4) is 0 Å². The third-order valence-electron chi connectivity index (χ3n) is 5.34. The van der Waals surface area contributed by atoms with Gasteiger partial charge in [-0.25, -0.2) is 13.3 Å². The van der Waals surface area contributed by atoms with Gasteiger partial charge in [-0.15, -0.1) is 0 Å². The molecule has 0 unspecified atom stereocenters. The molecule has 1 aliphatic rings. The molecule has 1 fully saturated rings. The van der Waals surface area contributed by atoms with Crippen molar-refractivity contribution in [1.82, 2.24) is 9.61 Å². The van der Waals surface area contributed by atoms with Crippen LogP contribution >= 0.6 is 0 Å². The normalized spacial score (nSPS) is 20.6. The summed E-state index contributed by atoms with van der Waals surface area (Å²) >= 11 is 0. The molecule has 0 radical (unpaired) electrons. The predicted molar refractivity (Wildman–Crippen MR) is 96.7 cm³/mol. The van der Waals surface area contributed by atoms with E-state index >= 15 is 0 Å². The zero-order valence-corrected chi connectivity index (χ0v) is 14.5. The molecule has 26 heavy (non-hydrogen) atoms. The minimum absolute atomic E-state index is 0.298. The molecule has 0 bridgehead atoms. The van der Waals surface area contributed by atoms with Crippen molar-refractivity contribution in [1.29, 1.82) is 0 Å². The summed E-state index contributed by atoms with van der Waals surface area (Å²) in [6.07, 6.45) is 4.34. The number of nitrogens with zero attached hydrogens (tertiary/aromatic N) is 2. The Hall–Kier alpha value is -2.43. The van der Waals surface area contributed by atoms with Crippen LogP contribution in [-0.4, -0.2) is 16.0 Å². The summed E-state index contributed by atoms with van der Waals surface area (Å²) in [6, 6.07) is 13.9. The van der Waals surface area contributed by atoms with Gasteiger partial charge in [0.25, 0.3) is 0 Å². The molecule has 0 spiro atoms. The van der Waals surface area contributed by atoms with Gasteiger partial charge in [-0.2, -0.15) is 5.10 Å². The van der Waals surface area contributed by atoms with Gasteiger partial charge in [0.05, 0.1) is 11.7 Å². The molecule has 0 amide bonds. The lowest BCUT2D eigenvalue weighted by Gasteiger charge is -2.27. The molecule has 3 aromatic rings. The maximum absolute atomic E-state index is 12.9. The van der Waals surface area contributed by atoms with Crippen LogP contribution in [0.15, 0.2) is 54.9 Å². The molecule has 136 valence electrons. The van der Waals surface area contributed by atoms with Gasteiger partial charge in [0.2, 0.25) is 6.43 Å². The van der Waals surface area contributed by atoms with Crippen LogP contribution in [0.5, 0.6) is 5.75 Å². The van der Waals surface area contributed by atoms with E-state index in [0.717, 1.165) is 35.2 Å². The number of hydrogen-bond donors (Lipinski definition) is 0. The Kier molecular flexibility index (Phi) is 4.87. The van der Waals surface area contributed by atoms with E-state index in [0.29, 0.717) is 25.4 Å². The number of pyridine rings is 1. The summed E-state index contributed by atoms with van der Waals surface area (Å²) in [7, 11) is 0. The van der Waals surface area contributed by atoms with Crippen molar-refractivity contribution >= 4 is 5.52 Å². The van der Waals surface area contributed by atoms with Crippen molar-refractivity contribution in [2.45, 2.75) is 44.6 Å². The van der Waals surface area contributed by atoms with E-state index in [-0.39, 0.29) is 0 Å². The van der Waals surface area contributed by atoms with Crippen molar-refractivity contribution in [3.05, 3.63) is 66.0 Å². The predicted octanol–water partition coefficient (Wildman–Crippen LogP) is 5.45. The van der Waals surface area contributed by atoms with E-state index in [1.807, 2.05) is 59.4 Å². The maximum atomic E-state index is 12.9. The van der Waals surface area contributed by atoms with Gasteiger partial charge in [-0.05, 0) is 43.2 Å². The number of aromatic nitrogens is 2. The zero-order valence-electron chi connectivity index (χ0n) is 14.5. The van der Waals surface area contributed by atoms with E-state index in [1.54, 1.807) is 0 Å². The topological polar surface area (TPSA) is 26.5 Å². The second-order valence-corrected chi connectivity index (χ2v) is 7.01. The van der Waals surface area contributed by atoms with Gasteiger partial charge in [-0.3, -0.25) is 0 Å². The average molecular weight is 356 g/mol. The Labute approximate surface area is 151 Å². The molecule has 0 N–H and O–H groups in total. The van der Waals surface area contributed by atoms with E-state index in [4.69, 9.17) is 4.74 Å². The zero-order chi connectivity index (χ0) is 17.9. The van der Waals surface area contributed by atoms with Crippen molar-refractivity contribution in [2.75, 3.05) is 0 Å². The van der Waals surface area contributed by atoms with Crippen LogP contribution in [0.1, 0.15) is 42.7 Å². The molecule has 2 heterocycles. The molecule has 1 aliphatic carbocycles. The molecule has 1 saturated carbocycles. The van der Waals surface area contributed by atoms with Crippen LogP contribution in [0.4, 0.5) is 8.78 Å². The largest absolute Gasteiger partial charge is 0.489 e. The summed E-state index contributed by atoms with van der Waals surface area (Å²) in [5.74, 6) is 0.647. The molecule has 0 aliphatic heterocycles. The SMILES string of the molecule is FC(F)[C@H]1CC[C@H](c2cnn3ccc(OCc4ccccc4)cc23)CC1. The molecule has 4 rings (SSSR count). The highest BCUT2D eigenvalue weighted by atomic mass is 19.3. The van der Waals surface area contributed by atoms with Crippen LogP contribution in [0.25, 0.3) is 5.52 Å². The molecule has 0 saturated heterocycles. The van der Waals surface area contributed by atoms with Gasteiger partial charge in [0.15, 0.2) is 0 Å². The maximum Gasteiger partial charge on any atom is 0.241 e. The van der Waals surface area contributed by atoms with Crippen LogP contribution < -0.4 is 4.74 Å². The summed E-state index contributed by atoms with van der Waals surface area (Å²) in [4.78, 5) is 0. The monoisotopic (exact) mass is 356 g/mol. The van der Waals surface area contributed by atoms with Gasteiger partial charge in [0, 0.05) is 23.7 Å². The number of benzene rings is 1. The Balaban J connectivity index is 1.50. The average Bonchev–Trinajstić information content (AvgIpc) is 3.10. The number of hydrogen-bond acceptors (Lipinski definition) is 2. The summed E-state index contributed by atoms with van der Waals surface area (Å²) in [5, 5.41) is 4.42. The minimum Gasteiger partial charge on any atom is -0.489 e. The molecule has 3 nitrogen and oxygen atoms in total. The number of fused-ring (bicyclic) bond motifs is 1. The Bertz CT molecular complexity index is 855. The highest BCUT2D eigenvalue weighted by molar-refractivity contribution is 5.58. The molecule has 2 aromatic heterocycles. The Morgan fingerprint density at radius 3 is 2.58 bits per heavy atom. The van der Waals surface area contributed by atoms with Gasteiger partial charge < -0.3 is 4.74 Å². The van der Waals surface area contributed by atoms with E-state index in [9.17, 15) is 8.78 Å². The van der Waals surface area contributed by atoms with Crippen LogP contribution in [0.2, 0.25) is 0 Å². The third-order valence-corrected chi connectivity index (χ3v) is 5.34. The van der Waals surface area contributed by atoms with E-state index < -0.39 is 12.3 Å². The smallest absolute Gasteiger partial charge is 0.241 e. The molecule has 0 atom stereocenters. The first-order valence-corrected chi connectivity index (χ1v) is 9.13. The Morgan fingerprint density at radius 2 is 1.85 bits per heavy atom. The third kappa shape index (κ3) is 3.57. The van der Waals surface area contributed by atoms with E-state index in [2.05, 4.69) is 5.10 Å². The summed E-state index contributed by atoms with van der Waals surface area (Å²) in [5.41, 5.74) is 3.27. The summed E-state index contributed by atoms with van der Waals surface area (Å²) in [6.45, 7) is 0.514. The summed E-state index contributed by atoms with van der Waals surface area (Å²) < 4.78 is 33.5. The first kappa shape index (κ1) is 17.0.